The van der Waals surface area contributed by atoms with Crippen LogP contribution in [0.15, 0.2) is 0 Å². The number of carboxylic acids is 1. The van der Waals surface area contributed by atoms with Gasteiger partial charge in [0.15, 0.2) is 0 Å². The Labute approximate surface area is 140 Å². The smallest absolute Gasteiger partial charge is 0.317 e. The zero-order valence-corrected chi connectivity index (χ0v) is 15.0. The van der Waals surface area contributed by atoms with E-state index >= 15 is 0 Å². The van der Waals surface area contributed by atoms with E-state index in [2.05, 4.69) is 24.1 Å². The number of hydrogen-bond acceptors (Lipinski definition) is 3. The highest BCUT2D eigenvalue weighted by Crippen LogP contribution is 2.22. The Hall–Kier alpha value is -1.30. The van der Waals surface area contributed by atoms with Crippen molar-refractivity contribution in [3.63, 3.8) is 0 Å². The summed E-state index contributed by atoms with van der Waals surface area (Å²) in [6, 6.07) is 0.190. The summed E-state index contributed by atoms with van der Waals surface area (Å²) in [5.41, 5.74) is 0. The number of carboxylic acid groups (broad SMARTS) is 1. The molecule has 2 atom stereocenters. The molecule has 0 spiro atoms. The average Bonchev–Trinajstić information content (AvgIpc) is 3.04. The quantitative estimate of drug-likeness (QED) is 0.681. The SMILES string of the molecule is CCC(CC)C(CNC(=O)N(C)CC(C)C(=O)O)N1CCCC1. The summed E-state index contributed by atoms with van der Waals surface area (Å²) in [5, 5.41) is 12.0. The van der Waals surface area contributed by atoms with Crippen LogP contribution in [-0.2, 0) is 4.79 Å². The highest BCUT2D eigenvalue weighted by molar-refractivity contribution is 5.75. The first kappa shape index (κ1) is 19.7. The molecule has 1 aliphatic rings. The van der Waals surface area contributed by atoms with Gasteiger partial charge in [-0.2, -0.15) is 0 Å². The van der Waals surface area contributed by atoms with Crippen LogP contribution in [0.4, 0.5) is 4.79 Å². The van der Waals surface area contributed by atoms with Crippen molar-refractivity contribution < 1.29 is 14.7 Å². The molecule has 1 aliphatic heterocycles. The maximum Gasteiger partial charge on any atom is 0.317 e. The zero-order valence-electron chi connectivity index (χ0n) is 15.0. The first-order valence-corrected chi connectivity index (χ1v) is 8.86. The Balaban J connectivity index is 2.55. The highest BCUT2D eigenvalue weighted by atomic mass is 16.4. The van der Waals surface area contributed by atoms with Crippen LogP contribution in [0.2, 0.25) is 0 Å². The third-order valence-electron chi connectivity index (χ3n) is 4.98. The van der Waals surface area contributed by atoms with Gasteiger partial charge in [0.05, 0.1) is 5.92 Å². The molecule has 6 nitrogen and oxygen atoms in total. The summed E-state index contributed by atoms with van der Waals surface area (Å²) in [5.74, 6) is -0.854. The van der Waals surface area contributed by atoms with Gasteiger partial charge in [0, 0.05) is 26.2 Å². The van der Waals surface area contributed by atoms with E-state index in [9.17, 15) is 9.59 Å². The number of likely N-dealkylation sites (tertiary alicyclic amines) is 1. The fraction of sp³-hybridized carbons (Fsp3) is 0.882. The van der Waals surface area contributed by atoms with Crippen LogP contribution < -0.4 is 5.32 Å². The van der Waals surface area contributed by atoms with Crippen LogP contribution >= 0.6 is 0 Å². The van der Waals surface area contributed by atoms with Gasteiger partial charge in [0.1, 0.15) is 0 Å². The molecule has 0 bridgehead atoms. The van der Waals surface area contributed by atoms with Crippen molar-refractivity contribution in [2.75, 3.05) is 33.2 Å². The number of aliphatic carboxylic acids is 1. The predicted octanol–water partition coefficient (Wildman–Crippen LogP) is 2.25. The molecule has 1 saturated heterocycles. The molecule has 0 aromatic carbocycles. The Kier molecular flexibility index (Phi) is 8.37. The van der Waals surface area contributed by atoms with Crippen molar-refractivity contribution in [3.05, 3.63) is 0 Å². The van der Waals surface area contributed by atoms with E-state index in [1.807, 2.05) is 0 Å². The number of nitrogens with one attached hydrogen (secondary N) is 1. The van der Waals surface area contributed by atoms with Crippen molar-refractivity contribution in [3.8, 4) is 0 Å². The topological polar surface area (TPSA) is 72.9 Å². The molecule has 0 aliphatic carbocycles. The lowest BCUT2D eigenvalue weighted by Crippen LogP contribution is -2.49. The maximum absolute atomic E-state index is 12.2. The molecular weight excluding hydrogens is 294 g/mol. The van der Waals surface area contributed by atoms with Crippen LogP contribution in [0.1, 0.15) is 46.5 Å². The van der Waals surface area contributed by atoms with E-state index in [4.69, 9.17) is 5.11 Å². The Bertz CT molecular complexity index is 377. The summed E-state index contributed by atoms with van der Waals surface area (Å²) >= 11 is 0. The molecule has 23 heavy (non-hydrogen) atoms. The predicted molar refractivity (Wildman–Crippen MR) is 91.5 cm³/mol. The first-order valence-electron chi connectivity index (χ1n) is 8.86. The van der Waals surface area contributed by atoms with Crippen LogP contribution in [0.25, 0.3) is 0 Å². The third kappa shape index (κ3) is 6.01. The van der Waals surface area contributed by atoms with Gasteiger partial charge in [-0.05, 0) is 31.8 Å². The van der Waals surface area contributed by atoms with Gasteiger partial charge in [-0.1, -0.05) is 33.6 Å². The summed E-state index contributed by atoms with van der Waals surface area (Å²) in [7, 11) is 1.65. The zero-order chi connectivity index (χ0) is 17.4. The summed E-state index contributed by atoms with van der Waals surface area (Å²) < 4.78 is 0. The number of carbonyl (C=O) groups excluding carboxylic acids is 1. The molecule has 6 heteroatoms. The monoisotopic (exact) mass is 327 g/mol. The van der Waals surface area contributed by atoms with E-state index in [0.29, 0.717) is 18.5 Å². The van der Waals surface area contributed by atoms with Gasteiger partial charge < -0.3 is 15.3 Å². The normalized spacial score (nSPS) is 18.0. The molecule has 0 aromatic rings. The minimum atomic E-state index is -0.878. The molecule has 0 saturated carbocycles. The molecule has 0 aromatic heterocycles. The van der Waals surface area contributed by atoms with Crippen molar-refractivity contribution in [1.29, 1.82) is 0 Å². The second-order valence-electron chi connectivity index (χ2n) is 6.69. The molecule has 1 fully saturated rings. The van der Waals surface area contributed by atoms with Crippen molar-refractivity contribution >= 4 is 12.0 Å². The van der Waals surface area contributed by atoms with Crippen molar-refractivity contribution in [2.24, 2.45) is 11.8 Å². The lowest BCUT2D eigenvalue weighted by Gasteiger charge is -2.34. The lowest BCUT2D eigenvalue weighted by molar-refractivity contribution is -0.141. The van der Waals surface area contributed by atoms with Crippen LogP contribution in [0.5, 0.6) is 0 Å². The second kappa shape index (κ2) is 9.75. The molecule has 2 unspecified atom stereocenters. The standard InChI is InChI=1S/C17H33N3O3/c1-5-14(6-2)15(20-9-7-8-10-20)11-18-17(23)19(4)12-13(3)16(21)22/h13-15H,5-12H2,1-4H3,(H,18,23)(H,21,22). The largest absolute Gasteiger partial charge is 0.481 e. The lowest BCUT2D eigenvalue weighted by atomic mass is 9.93. The van der Waals surface area contributed by atoms with Gasteiger partial charge in [-0.25, -0.2) is 4.79 Å². The summed E-state index contributed by atoms with van der Waals surface area (Å²) in [4.78, 5) is 27.1. The maximum atomic E-state index is 12.2. The van der Waals surface area contributed by atoms with Crippen molar-refractivity contribution in [2.45, 2.75) is 52.5 Å². The number of carbonyl (C=O) groups is 2. The minimum absolute atomic E-state index is 0.187. The number of rotatable bonds is 9. The van der Waals surface area contributed by atoms with Crippen molar-refractivity contribution in [1.82, 2.24) is 15.1 Å². The van der Waals surface area contributed by atoms with E-state index in [1.54, 1.807) is 14.0 Å². The van der Waals surface area contributed by atoms with E-state index in [0.717, 1.165) is 25.9 Å². The van der Waals surface area contributed by atoms with Crippen LogP contribution in [-0.4, -0.2) is 66.2 Å². The third-order valence-corrected chi connectivity index (χ3v) is 4.98. The van der Waals surface area contributed by atoms with Gasteiger partial charge in [-0.3, -0.25) is 9.69 Å². The molecule has 0 radical (unpaired) electrons. The van der Waals surface area contributed by atoms with Gasteiger partial charge >= 0.3 is 12.0 Å². The highest BCUT2D eigenvalue weighted by Gasteiger charge is 2.28. The summed E-state index contributed by atoms with van der Waals surface area (Å²) in [6.07, 6.45) is 4.69. The number of nitrogens with zero attached hydrogens (tertiary/aromatic N) is 2. The van der Waals surface area contributed by atoms with Gasteiger partial charge in [0.25, 0.3) is 0 Å². The second-order valence-corrected chi connectivity index (χ2v) is 6.69. The molecule has 134 valence electrons. The fourth-order valence-electron chi connectivity index (χ4n) is 3.40. The van der Waals surface area contributed by atoms with E-state index < -0.39 is 11.9 Å². The van der Waals surface area contributed by atoms with E-state index in [1.165, 1.54) is 17.7 Å². The molecule has 1 rings (SSSR count). The van der Waals surface area contributed by atoms with Gasteiger partial charge in [0.2, 0.25) is 0 Å². The number of amides is 2. The number of hydrogen-bond donors (Lipinski definition) is 2. The van der Waals surface area contributed by atoms with Gasteiger partial charge in [-0.15, -0.1) is 0 Å². The minimum Gasteiger partial charge on any atom is -0.481 e. The van der Waals surface area contributed by atoms with Crippen LogP contribution in [0.3, 0.4) is 0 Å². The number of urea groups is 1. The van der Waals surface area contributed by atoms with E-state index in [-0.39, 0.29) is 12.6 Å². The molecule has 1 heterocycles. The average molecular weight is 327 g/mol. The molecule has 2 amide bonds. The first-order chi connectivity index (χ1) is 10.9. The summed E-state index contributed by atoms with van der Waals surface area (Å²) in [6.45, 7) is 9.12. The Morgan fingerprint density at radius 2 is 1.78 bits per heavy atom. The molecule has 2 N–H and O–H groups in total. The Morgan fingerprint density at radius 3 is 2.26 bits per heavy atom. The molecular formula is C17H33N3O3. The Morgan fingerprint density at radius 1 is 1.22 bits per heavy atom. The van der Waals surface area contributed by atoms with Crippen LogP contribution in [0, 0.1) is 11.8 Å². The fourth-order valence-corrected chi connectivity index (χ4v) is 3.40.